The lowest BCUT2D eigenvalue weighted by atomic mass is 9.69. The molecule has 0 aromatic carbocycles. The highest BCUT2D eigenvalue weighted by Gasteiger charge is 2.61. The van der Waals surface area contributed by atoms with E-state index < -0.39 is 0 Å². The largest absolute Gasteiger partial charge is 0.352 e. The lowest BCUT2D eigenvalue weighted by Crippen LogP contribution is -2.47. The molecule has 4 rings (SSSR count). The smallest absolute Gasteiger partial charge is 0.230 e. The highest BCUT2D eigenvalue weighted by Crippen LogP contribution is 2.65. The molecule has 0 spiro atoms. The first-order chi connectivity index (χ1) is 11.9. The number of amides is 1. The molecule has 7 heteroatoms. The Balaban J connectivity index is 1.34. The average Bonchev–Trinajstić information content (AvgIpc) is 3.31. The lowest BCUT2D eigenvalue weighted by Gasteiger charge is -2.39. The molecule has 3 saturated carbocycles. The zero-order chi connectivity index (χ0) is 17.7. The van der Waals surface area contributed by atoms with Gasteiger partial charge in [0.05, 0.1) is 11.8 Å². The molecule has 25 heavy (non-hydrogen) atoms. The molecule has 3 aliphatic rings. The standard InChI is InChI=1S/C18H29N5OS/c1-17(2)12-8-9-18(17,3)14(10-12)19-15(24)11-25-16-20-21-22-23(16)13-6-4-5-7-13/h12-14H,4-11H2,1-3H3,(H,19,24). The highest BCUT2D eigenvalue weighted by atomic mass is 32.2. The second-order valence-electron chi connectivity index (χ2n) is 8.86. The molecule has 3 unspecified atom stereocenters. The number of thioether (sulfide) groups is 1. The molecule has 1 aromatic heterocycles. The number of carbonyl (C=O) groups is 1. The predicted octanol–water partition coefficient (Wildman–Crippen LogP) is 3.21. The van der Waals surface area contributed by atoms with Crippen molar-refractivity contribution >= 4 is 17.7 Å². The number of nitrogens with zero attached hydrogens (tertiary/aromatic N) is 4. The average molecular weight is 364 g/mol. The predicted molar refractivity (Wildman–Crippen MR) is 97.2 cm³/mol. The molecule has 3 fully saturated rings. The van der Waals surface area contributed by atoms with Gasteiger partial charge >= 0.3 is 0 Å². The van der Waals surface area contributed by atoms with Crippen LogP contribution in [0.5, 0.6) is 0 Å². The van der Waals surface area contributed by atoms with Crippen molar-refractivity contribution in [3.63, 3.8) is 0 Å². The Morgan fingerprint density at radius 3 is 2.68 bits per heavy atom. The van der Waals surface area contributed by atoms with E-state index in [1.165, 1.54) is 37.4 Å². The van der Waals surface area contributed by atoms with Gasteiger partial charge in [0.15, 0.2) is 0 Å². The molecule has 0 aliphatic heterocycles. The number of aromatic nitrogens is 4. The van der Waals surface area contributed by atoms with Gasteiger partial charge in [-0.2, -0.15) is 0 Å². The Morgan fingerprint density at radius 2 is 2.04 bits per heavy atom. The van der Waals surface area contributed by atoms with Gasteiger partial charge in [0, 0.05) is 6.04 Å². The van der Waals surface area contributed by atoms with E-state index in [-0.39, 0.29) is 11.3 Å². The van der Waals surface area contributed by atoms with Gasteiger partial charge in [-0.3, -0.25) is 4.79 Å². The van der Waals surface area contributed by atoms with Crippen molar-refractivity contribution in [3.8, 4) is 0 Å². The normalized spacial score (nSPS) is 33.9. The monoisotopic (exact) mass is 363 g/mol. The Labute approximate surface area is 153 Å². The van der Waals surface area contributed by atoms with Gasteiger partial charge in [0.1, 0.15) is 0 Å². The topological polar surface area (TPSA) is 72.7 Å². The fourth-order valence-corrected chi connectivity index (χ4v) is 6.20. The summed E-state index contributed by atoms with van der Waals surface area (Å²) >= 11 is 1.47. The molecule has 138 valence electrons. The van der Waals surface area contributed by atoms with Crippen LogP contribution in [-0.4, -0.2) is 37.9 Å². The maximum Gasteiger partial charge on any atom is 0.230 e. The van der Waals surface area contributed by atoms with Crippen LogP contribution in [-0.2, 0) is 4.79 Å². The van der Waals surface area contributed by atoms with E-state index in [9.17, 15) is 4.79 Å². The van der Waals surface area contributed by atoms with Crippen LogP contribution in [0.3, 0.4) is 0 Å². The van der Waals surface area contributed by atoms with E-state index in [0.29, 0.717) is 23.3 Å². The molecule has 2 bridgehead atoms. The number of fused-ring (bicyclic) bond motifs is 2. The molecule has 6 nitrogen and oxygen atoms in total. The fraction of sp³-hybridized carbons (Fsp3) is 0.889. The van der Waals surface area contributed by atoms with Crippen molar-refractivity contribution in [2.75, 3.05) is 5.75 Å². The first-order valence-electron chi connectivity index (χ1n) is 9.62. The van der Waals surface area contributed by atoms with E-state index >= 15 is 0 Å². The zero-order valence-electron chi connectivity index (χ0n) is 15.5. The Hall–Kier alpha value is -1.11. The third kappa shape index (κ3) is 2.78. The molecule has 0 saturated heterocycles. The fourth-order valence-electron chi connectivity index (χ4n) is 5.45. The lowest BCUT2D eigenvalue weighted by molar-refractivity contribution is -0.120. The minimum absolute atomic E-state index is 0.112. The number of tetrazole rings is 1. The summed E-state index contributed by atoms with van der Waals surface area (Å²) in [6, 6.07) is 0.714. The molecule has 3 aliphatic carbocycles. The third-order valence-corrected chi connectivity index (χ3v) is 8.53. The Morgan fingerprint density at radius 1 is 1.28 bits per heavy atom. The minimum Gasteiger partial charge on any atom is -0.352 e. The van der Waals surface area contributed by atoms with Crippen LogP contribution in [0.1, 0.15) is 71.8 Å². The summed E-state index contributed by atoms with van der Waals surface area (Å²) < 4.78 is 1.92. The molecular formula is C18H29N5OS. The Kier molecular flexibility index (Phi) is 4.33. The Bertz CT molecular complexity index is 654. The highest BCUT2D eigenvalue weighted by molar-refractivity contribution is 7.99. The van der Waals surface area contributed by atoms with E-state index in [0.717, 1.165) is 30.3 Å². The van der Waals surface area contributed by atoms with Crippen molar-refractivity contribution in [1.29, 1.82) is 0 Å². The zero-order valence-corrected chi connectivity index (χ0v) is 16.3. The summed E-state index contributed by atoms with van der Waals surface area (Å²) in [5.74, 6) is 1.25. The van der Waals surface area contributed by atoms with Gasteiger partial charge in [0.2, 0.25) is 11.1 Å². The number of carbonyl (C=O) groups excluding carboxylic acids is 1. The molecule has 1 N–H and O–H groups in total. The second kappa shape index (κ2) is 6.25. The van der Waals surface area contributed by atoms with Gasteiger partial charge in [-0.1, -0.05) is 45.4 Å². The summed E-state index contributed by atoms with van der Waals surface area (Å²) in [4.78, 5) is 12.5. The first kappa shape index (κ1) is 17.3. The summed E-state index contributed by atoms with van der Waals surface area (Å²) in [6.07, 6.45) is 8.42. The van der Waals surface area contributed by atoms with Crippen molar-refractivity contribution < 1.29 is 4.79 Å². The SMILES string of the molecule is CC1(C)C2CCC1(C)C(NC(=O)CSc1nnnn1C1CCCC1)C2. The van der Waals surface area contributed by atoms with E-state index in [1.807, 2.05) is 4.68 Å². The van der Waals surface area contributed by atoms with Gasteiger partial charge in [-0.25, -0.2) is 4.68 Å². The maximum absolute atomic E-state index is 12.5. The summed E-state index contributed by atoms with van der Waals surface area (Å²) in [5.41, 5.74) is 0.550. The first-order valence-corrected chi connectivity index (χ1v) is 10.6. The number of nitrogens with one attached hydrogen (secondary N) is 1. The van der Waals surface area contributed by atoms with Crippen LogP contribution < -0.4 is 5.32 Å². The van der Waals surface area contributed by atoms with Crippen molar-refractivity contribution in [3.05, 3.63) is 0 Å². The van der Waals surface area contributed by atoms with Crippen molar-refractivity contribution in [2.45, 2.75) is 83.0 Å². The van der Waals surface area contributed by atoms with Crippen LogP contribution in [0, 0.1) is 16.7 Å². The maximum atomic E-state index is 12.5. The van der Waals surface area contributed by atoms with Gasteiger partial charge < -0.3 is 5.32 Å². The van der Waals surface area contributed by atoms with Crippen LogP contribution in [0.4, 0.5) is 0 Å². The van der Waals surface area contributed by atoms with Crippen LogP contribution in [0.15, 0.2) is 5.16 Å². The van der Waals surface area contributed by atoms with Gasteiger partial charge in [0.25, 0.3) is 0 Å². The van der Waals surface area contributed by atoms with Crippen LogP contribution >= 0.6 is 11.8 Å². The number of hydrogen-bond donors (Lipinski definition) is 1. The van der Waals surface area contributed by atoms with E-state index in [2.05, 4.69) is 41.6 Å². The van der Waals surface area contributed by atoms with Gasteiger partial charge in [-0.15, -0.1) is 5.10 Å². The van der Waals surface area contributed by atoms with Crippen LogP contribution in [0.25, 0.3) is 0 Å². The number of hydrogen-bond acceptors (Lipinski definition) is 5. The van der Waals surface area contributed by atoms with Crippen molar-refractivity contribution in [2.24, 2.45) is 16.7 Å². The molecule has 1 amide bonds. The van der Waals surface area contributed by atoms with E-state index in [4.69, 9.17) is 0 Å². The quantitative estimate of drug-likeness (QED) is 0.813. The molecular weight excluding hydrogens is 334 g/mol. The summed E-state index contributed by atoms with van der Waals surface area (Å²) in [6.45, 7) is 7.11. The van der Waals surface area contributed by atoms with Crippen LogP contribution in [0.2, 0.25) is 0 Å². The summed E-state index contributed by atoms with van der Waals surface area (Å²) in [5, 5.41) is 16.2. The molecule has 3 atom stereocenters. The second-order valence-corrected chi connectivity index (χ2v) is 9.81. The number of rotatable bonds is 5. The third-order valence-electron chi connectivity index (χ3n) is 7.59. The minimum atomic E-state index is 0.112. The van der Waals surface area contributed by atoms with Crippen molar-refractivity contribution in [1.82, 2.24) is 25.5 Å². The molecule has 0 radical (unpaired) electrons. The van der Waals surface area contributed by atoms with Gasteiger partial charge in [-0.05, 0) is 59.3 Å². The molecule has 1 heterocycles. The van der Waals surface area contributed by atoms with E-state index in [1.54, 1.807) is 0 Å². The molecule has 1 aromatic rings. The summed E-state index contributed by atoms with van der Waals surface area (Å²) in [7, 11) is 0.